The lowest BCUT2D eigenvalue weighted by Gasteiger charge is -2.03. The molecule has 0 unspecified atom stereocenters. The summed E-state index contributed by atoms with van der Waals surface area (Å²) in [7, 11) is 0. The van der Waals surface area contributed by atoms with Crippen LogP contribution in [0.3, 0.4) is 0 Å². The van der Waals surface area contributed by atoms with Crippen molar-refractivity contribution < 1.29 is 0 Å². The molecule has 0 atom stereocenters. The Morgan fingerprint density at radius 3 is 2.79 bits per heavy atom. The standard InChI is InChI=1S/C12H14N2/c1-10-4-2-3-5-11(10)6-7-12-8-13-9-14-12/h2-5,8-9H,6-7H2,1H3,(H,13,14). The number of hydrogen-bond acceptors (Lipinski definition) is 1. The number of H-pyrrole nitrogens is 1. The van der Waals surface area contributed by atoms with Gasteiger partial charge < -0.3 is 4.98 Å². The molecule has 1 N–H and O–H groups in total. The molecule has 0 aliphatic carbocycles. The van der Waals surface area contributed by atoms with Crippen LogP contribution >= 0.6 is 0 Å². The minimum absolute atomic E-state index is 1.03. The molecule has 2 rings (SSSR count). The number of nitrogens with one attached hydrogen (secondary N) is 1. The van der Waals surface area contributed by atoms with Crippen LogP contribution in [0.4, 0.5) is 0 Å². The van der Waals surface area contributed by atoms with E-state index in [1.807, 2.05) is 6.20 Å². The average molecular weight is 186 g/mol. The lowest BCUT2D eigenvalue weighted by molar-refractivity contribution is 0.917. The Morgan fingerprint density at radius 1 is 1.21 bits per heavy atom. The molecular weight excluding hydrogens is 172 g/mol. The highest BCUT2D eigenvalue weighted by molar-refractivity contribution is 5.26. The van der Waals surface area contributed by atoms with Gasteiger partial charge >= 0.3 is 0 Å². The highest BCUT2D eigenvalue weighted by Gasteiger charge is 1.98. The molecule has 2 nitrogen and oxygen atoms in total. The summed E-state index contributed by atoms with van der Waals surface area (Å²) in [5, 5.41) is 0. The van der Waals surface area contributed by atoms with Crippen LogP contribution in [0.2, 0.25) is 0 Å². The number of aryl methyl sites for hydroxylation is 3. The van der Waals surface area contributed by atoms with Crippen molar-refractivity contribution in [3.63, 3.8) is 0 Å². The van der Waals surface area contributed by atoms with Gasteiger partial charge in [-0.05, 0) is 30.9 Å². The van der Waals surface area contributed by atoms with E-state index < -0.39 is 0 Å². The van der Waals surface area contributed by atoms with Gasteiger partial charge in [-0.1, -0.05) is 24.3 Å². The van der Waals surface area contributed by atoms with Crippen molar-refractivity contribution >= 4 is 0 Å². The molecule has 1 aromatic heterocycles. The molecule has 0 amide bonds. The van der Waals surface area contributed by atoms with Crippen molar-refractivity contribution in [1.29, 1.82) is 0 Å². The summed E-state index contributed by atoms with van der Waals surface area (Å²) < 4.78 is 0. The molecule has 0 saturated heterocycles. The number of benzene rings is 1. The van der Waals surface area contributed by atoms with Crippen molar-refractivity contribution in [2.45, 2.75) is 19.8 Å². The van der Waals surface area contributed by atoms with Gasteiger partial charge in [0.2, 0.25) is 0 Å². The topological polar surface area (TPSA) is 28.7 Å². The molecule has 2 aromatic rings. The summed E-state index contributed by atoms with van der Waals surface area (Å²) in [5.74, 6) is 0. The average Bonchev–Trinajstić information content (AvgIpc) is 2.69. The van der Waals surface area contributed by atoms with Gasteiger partial charge in [-0.3, -0.25) is 0 Å². The van der Waals surface area contributed by atoms with E-state index in [2.05, 4.69) is 41.2 Å². The quantitative estimate of drug-likeness (QED) is 0.783. The Labute approximate surface area is 84.0 Å². The van der Waals surface area contributed by atoms with E-state index in [1.54, 1.807) is 6.33 Å². The fraction of sp³-hybridized carbons (Fsp3) is 0.250. The molecular formula is C12H14N2. The van der Waals surface area contributed by atoms with Crippen molar-refractivity contribution in [2.75, 3.05) is 0 Å². The van der Waals surface area contributed by atoms with Gasteiger partial charge in [0.25, 0.3) is 0 Å². The molecule has 2 heteroatoms. The van der Waals surface area contributed by atoms with Crippen LogP contribution in [-0.2, 0) is 12.8 Å². The minimum Gasteiger partial charge on any atom is -0.348 e. The molecule has 0 saturated carbocycles. The summed E-state index contributed by atoms with van der Waals surface area (Å²) in [6, 6.07) is 8.51. The molecule has 1 heterocycles. The molecule has 0 spiro atoms. The lowest BCUT2D eigenvalue weighted by Crippen LogP contribution is -1.93. The predicted octanol–water partition coefficient (Wildman–Crippen LogP) is 2.50. The maximum absolute atomic E-state index is 4.00. The summed E-state index contributed by atoms with van der Waals surface area (Å²) in [6.07, 6.45) is 5.73. The Hall–Kier alpha value is -1.57. The number of aromatic amines is 1. The first kappa shape index (κ1) is 9.00. The third-order valence-electron chi connectivity index (χ3n) is 2.48. The number of nitrogens with zero attached hydrogens (tertiary/aromatic N) is 1. The predicted molar refractivity (Wildman–Crippen MR) is 57.2 cm³/mol. The van der Waals surface area contributed by atoms with Gasteiger partial charge in [-0.25, -0.2) is 4.98 Å². The Morgan fingerprint density at radius 2 is 2.07 bits per heavy atom. The van der Waals surface area contributed by atoms with E-state index in [1.165, 1.54) is 16.8 Å². The third-order valence-corrected chi connectivity index (χ3v) is 2.48. The molecule has 72 valence electrons. The summed E-state index contributed by atoms with van der Waals surface area (Å²) >= 11 is 0. The van der Waals surface area contributed by atoms with Crippen LogP contribution in [-0.4, -0.2) is 9.97 Å². The van der Waals surface area contributed by atoms with E-state index in [-0.39, 0.29) is 0 Å². The smallest absolute Gasteiger partial charge is 0.0921 e. The van der Waals surface area contributed by atoms with Crippen molar-refractivity contribution in [2.24, 2.45) is 0 Å². The van der Waals surface area contributed by atoms with Crippen LogP contribution in [0.1, 0.15) is 16.8 Å². The SMILES string of the molecule is Cc1ccccc1CCc1cnc[nH]1. The fourth-order valence-corrected chi connectivity index (χ4v) is 1.58. The van der Waals surface area contributed by atoms with E-state index in [0.717, 1.165) is 12.8 Å². The van der Waals surface area contributed by atoms with Gasteiger partial charge in [0, 0.05) is 11.9 Å². The van der Waals surface area contributed by atoms with E-state index in [4.69, 9.17) is 0 Å². The van der Waals surface area contributed by atoms with E-state index in [9.17, 15) is 0 Å². The van der Waals surface area contributed by atoms with Crippen molar-refractivity contribution in [1.82, 2.24) is 9.97 Å². The normalized spacial score (nSPS) is 10.4. The van der Waals surface area contributed by atoms with Crippen molar-refractivity contribution in [3.8, 4) is 0 Å². The summed E-state index contributed by atoms with van der Waals surface area (Å²) in [4.78, 5) is 7.12. The molecule has 14 heavy (non-hydrogen) atoms. The molecule has 0 bridgehead atoms. The van der Waals surface area contributed by atoms with Crippen LogP contribution in [0, 0.1) is 6.92 Å². The molecule has 0 aliphatic rings. The fourth-order valence-electron chi connectivity index (χ4n) is 1.58. The van der Waals surface area contributed by atoms with Gasteiger partial charge in [0.05, 0.1) is 6.33 Å². The first-order valence-corrected chi connectivity index (χ1v) is 4.88. The van der Waals surface area contributed by atoms with Crippen molar-refractivity contribution in [3.05, 3.63) is 53.6 Å². The van der Waals surface area contributed by atoms with Crippen LogP contribution in [0.15, 0.2) is 36.8 Å². The minimum atomic E-state index is 1.03. The summed E-state index contributed by atoms with van der Waals surface area (Å²) in [5.41, 5.74) is 3.99. The monoisotopic (exact) mass is 186 g/mol. The summed E-state index contributed by atoms with van der Waals surface area (Å²) in [6.45, 7) is 2.16. The number of aromatic nitrogens is 2. The van der Waals surface area contributed by atoms with Gasteiger partial charge in [-0.2, -0.15) is 0 Å². The zero-order valence-electron chi connectivity index (χ0n) is 8.33. The zero-order chi connectivity index (χ0) is 9.80. The lowest BCUT2D eigenvalue weighted by atomic mass is 10.0. The maximum atomic E-state index is 4.00. The Balaban J connectivity index is 2.02. The van der Waals surface area contributed by atoms with Crippen LogP contribution in [0.5, 0.6) is 0 Å². The number of rotatable bonds is 3. The van der Waals surface area contributed by atoms with Gasteiger partial charge in [-0.15, -0.1) is 0 Å². The van der Waals surface area contributed by atoms with Crippen LogP contribution < -0.4 is 0 Å². The molecule has 0 aliphatic heterocycles. The van der Waals surface area contributed by atoms with Gasteiger partial charge in [0.1, 0.15) is 0 Å². The molecule has 0 fully saturated rings. The molecule has 0 radical (unpaired) electrons. The first-order valence-electron chi connectivity index (χ1n) is 4.88. The first-order chi connectivity index (χ1) is 6.86. The highest BCUT2D eigenvalue weighted by atomic mass is 14.9. The maximum Gasteiger partial charge on any atom is 0.0921 e. The Kier molecular flexibility index (Phi) is 2.63. The number of imidazole rings is 1. The highest BCUT2D eigenvalue weighted by Crippen LogP contribution is 2.09. The zero-order valence-corrected chi connectivity index (χ0v) is 8.33. The second kappa shape index (κ2) is 4.09. The molecule has 1 aromatic carbocycles. The van der Waals surface area contributed by atoms with Crippen LogP contribution in [0.25, 0.3) is 0 Å². The second-order valence-corrected chi connectivity index (χ2v) is 3.50. The Bertz CT molecular complexity index is 390. The van der Waals surface area contributed by atoms with Gasteiger partial charge in [0.15, 0.2) is 0 Å². The largest absolute Gasteiger partial charge is 0.348 e. The third kappa shape index (κ3) is 2.02. The van der Waals surface area contributed by atoms with E-state index >= 15 is 0 Å². The van der Waals surface area contributed by atoms with E-state index in [0.29, 0.717) is 0 Å². The number of hydrogen-bond donors (Lipinski definition) is 1. The second-order valence-electron chi connectivity index (χ2n) is 3.50.